The molecule has 0 saturated carbocycles. The molecule has 0 spiro atoms. The highest BCUT2D eigenvalue weighted by atomic mass is 19.1. The lowest BCUT2D eigenvalue weighted by molar-refractivity contribution is -0.121. The first-order valence-electron chi connectivity index (χ1n) is 6.77. The number of aryl methyl sites for hydroxylation is 1. The predicted octanol–water partition coefficient (Wildman–Crippen LogP) is 3.08. The van der Waals surface area contributed by atoms with Crippen LogP contribution >= 0.6 is 0 Å². The number of aromatic nitrogens is 1. The first kappa shape index (κ1) is 15.2. The summed E-state index contributed by atoms with van der Waals surface area (Å²) in [5, 5.41) is 2.73. The maximum Gasteiger partial charge on any atom is 0.220 e. The Balaban J connectivity index is 2.03. The van der Waals surface area contributed by atoms with Crippen LogP contribution in [-0.4, -0.2) is 17.4 Å². The third-order valence-electron chi connectivity index (χ3n) is 2.90. The Hall–Kier alpha value is -2.24. The molecule has 0 unspecified atom stereocenters. The summed E-state index contributed by atoms with van der Waals surface area (Å²) in [7, 11) is 0. The molecule has 0 aliphatic rings. The number of amides is 1. The van der Waals surface area contributed by atoms with E-state index in [0.29, 0.717) is 6.54 Å². The van der Waals surface area contributed by atoms with E-state index in [1.165, 1.54) is 12.3 Å². The van der Waals surface area contributed by atoms with Gasteiger partial charge in [0.25, 0.3) is 0 Å². The van der Waals surface area contributed by atoms with E-state index in [0.717, 1.165) is 18.6 Å². The maximum absolute atomic E-state index is 13.6. The van der Waals surface area contributed by atoms with Crippen molar-refractivity contribution in [2.75, 3.05) is 6.54 Å². The molecule has 2 aromatic rings. The third-order valence-corrected chi connectivity index (χ3v) is 2.90. The minimum absolute atomic E-state index is 0.0227. The van der Waals surface area contributed by atoms with Crippen molar-refractivity contribution < 1.29 is 18.0 Å². The minimum atomic E-state index is -0.710. The summed E-state index contributed by atoms with van der Waals surface area (Å²) in [6, 6.07) is 3.58. The maximum atomic E-state index is 13.6. The Kier molecular flexibility index (Phi) is 5.03. The number of nitrogens with zero attached hydrogens (tertiary/aromatic N) is 1. The summed E-state index contributed by atoms with van der Waals surface area (Å²) in [5.74, 6) is -1.22. The molecular formula is C15H16F2N2O2. The van der Waals surface area contributed by atoms with Crippen molar-refractivity contribution in [2.24, 2.45) is 0 Å². The highest BCUT2D eigenvalue weighted by Crippen LogP contribution is 2.26. The number of benzene rings is 1. The van der Waals surface area contributed by atoms with Gasteiger partial charge in [0.15, 0.2) is 11.7 Å². The standard InChI is InChI=1S/C15H16F2N2O2/c1-2-8-18-13(20)6-7-14-19-9-12(21-14)15-10(16)4-3-5-11(15)17/h3-5,9H,2,6-8H2,1H3,(H,18,20). The second kappa shape index (κ2) is 6.97. The number of hydrogen-bond donors (Lipinski definition) is 1. The fraction of sp³-hybridized carbons (Fsp3) is 0.333. The Bertz CT molecular complexity index is 606. The summed E-state index contributed by atoms with van der Waals surface area (Å²) in [5.41, 5.74) is -0.244. The Morgan fingerprint density at radius 2 is 2.05 bits per heavy atom. The minimum Gasteiger partial charge on any atom is -0.441 e. The first-order chi connectivity index (χ1) is 10.1. The van der Waals surface area contributed by atoms with E-state index in [-0.39, 0.29) is 36.0 Å². The molecule has 1 aromatic carbocycles. The Morgan fingerprint density at radius 3 is 2.71 bits per heavy atom. The molecule has 1 heterocycles. The van der Waals surface area contributed by atoms with Gasteiger partial charge in [-0.2, -0.15) is 0 Å². The van der Waals surface area contributed by atoms with Gasteiger partial charge in [-0.1, -0.05) is 13.0 Å². The van der Waals surface area contributed by atoms with E-state index < -0.39 is 11.6 Å². The lowest BCUT2D eigenvalue weighted by Gasteiger charge is -2.02. The molecule has 21 heavy (non-hydrogen) atoms. The van der Waals surface area contributed by atoms with E-state index in [4.69, 9.17) is 4.42 Å². The van der Waals surface area contributed by atoms with E-state index in [1.54, 1.807) is 0 Å². The van der Waals surface area contributed by atoms with Gasteiger partial charge in [-0.05, 0) is 18.6 Å². The van der Waals surface area contributed by atoms with Crippen molar-refractivity contribution in [3.63, 3.8) is 0 Å². The van der Waals surface area contributed by atoms with Gasteiger partial charge < -0.3 is 9.73 Å². The largest absolute Gasteiger partial charge is 0.441 e. The van der Waals surface area contributed by atoms with Crippen molar-refractivity contribution >= 4 is 5.91 Å². The fourth-order valence-electron chi connectivity index (χ4n) is 1.85. The zero-order chi connectivity index (χ0) is 15.2. The van der Waals surface area contributed by atoms with Crippen LogP contribution in [0.25, 0.3) is 11.3 Å². The van der Waals surface area contributed by atoms with Gasteiger partial charge in [0.05, 0.1) is 11.8 Å². The molecule has 0 atom stereocenters. The quantitative estimate of drug-likeness (QED) is 0.890. The Morgan fingerprint density at radius 1 is 1.33 bits per heavy atom. The van der Waals surface area contributed by atoms with Crippen LogP contribution in [0.5, 0.6) is 0 Å². The predicted molar refractivity (Wildman–Crippen MR) is 73.5 cm³/mol. The van der Waals surface area contributed by atoms with E-state index in [2.05, 4.69) is 10.3 Å². The highest BCUT2D eigenvalue weighted by molar-refractivity contribution is 5.75. The van der Waals surface area contributed by atoms with Gasteiger partial charge in [0.2, 0.25) is 5.91 Å². The van der Waals surface area contributed by atoms with Crippen LogP contribution in [0, 0.1) is 11.6 Å². The van der Waals surface area contributed by atoms with Crippen LogP contribution in [-0.2, 0) is 11.2 Å². The lowest BCUT2D eigenvalue weighted by atomic mass is 10.1. The summed E-state index contributed by atoms with van der Waals surface area (Å²) in [6.45, 7) is 2.58. The van der Waals surface area contributed by atoms with Gasteiger partial charge in [-0.3, -0.25) is 4.79 Å². The molecule has 1 N–H and O–H groups in total. The van der Waals surface area contributed by atoms with Gasteiger partial charge >= 0.3 is 0 Å². The number of halogens is 2. The second-order valence-corrected chi connectivity index (χ2v) is 4.56. The molecule has 0 aliphatic heterocycles. The summed E-state index contributed by atoms with van der Waals surface area (Å²) in [6.07, 6.45) is 2.63. The van der Waals surface area contributed by atoms with Gasteiger partial charge in [0, 0.05) is 19.4 Å². The van der Waals surface area contributed by atoms with E-state index in [9.17, 15) is 13.6 Å². The zero-order valence-electron chi connectivity index (χ0n) is 11.7. The van der Waals surface area contributed by atoms with Crippen LogP contribution in [0.1, 0.15) is 25.7 Å². The molecule has 1 aromatic heterocycles. The number of carbonyl (C=O) groups excluding carboxylic acids is 1. The number of carbonyl (C=O) groups is 1. The summed E-state index contributed by atoms with van der Waals surface area (Å²) < 4.78 is 32.5. The van der Waals surface area contributed by atoms with Crippen molar-refractivity contribution in [1.82, 2.24) is 10.3 Å². The second-order valence-electron chi connectivity index (χ2n) is 4.56. The zero-order valence-corrected chi connectivity index (χ0v) is 11.7. The summed E-state index contributed by atoms with van der Waals surface area (Å²) >= 11 is 0. The third kappa shape index (κ3) is 3.87. The summed E-state index contributed by atoms with van der Waals surface area (Å²) in [4.78, 5) is 15.4. The molecule has 1 amide bonds. The molecule has 0 radical (unpaired) electrons. The normalized spacial score (nSPS) is 10.6. The van der Waals surface area contributed by atoms with Gasteiger partial charge in [-0.15, -0.1) is 0 Å². The first-order valence-corrected chi connectivity index (χ1v) is 6.77. The molecule has 0 fully saturated rings. The topological polar surface area (TPSA) is 55.1 Å². The molecule has 6 heteroatoms. The van der Waals surface area contributed by atoms with Crippen molar-refractivity contribution in [3.05, 3.63) is 41.9 Å². The number of hydrogen-bond acceptors (Lipinski definition) is 3. The highest BCUT2D eigenvalue weighted by Gasteiger charge is 2.16. The fourth-order valence-corrected chi connectivity index (χ4v) is 1.85. The molecule has 0 saturated heterocycles. The number of nitrogens with one attached hydrogen (secondary N) is 1. The molecule has 112 valence electrons. The monoisotopic (exact) mass is 294 g/mol. The van der Waals surface area contributed by atoms with E-state index in [1.807, 2.05) is 6.92 Å². The van der Waals surface area contributed by atoms with Crippen LogP contribution in [0.3, 0.4) is 0 Å². The molecule has 0 aliphatic carbocycles. The van der Waals surface area contributed by atoms with Crippen LogP contribution in [0.4, 0.5) is 8.78 Å². The molecule has 4 nitrogen and oxygen atoms in total. The number of oxazole rings is 1. The van der Waals surface area contributed by atoms with Crippen molar-refractivity contribution in [3.8, 4) is 11.3 Å². The number of rotatable bonds is 6. The molecule has 0 bridgehead atoms. The van der Waals surface area contributed by atoms with Gasteiger partial charge in [0.1, 0.15) is 11.6 Å². The van der Waals surface area contributed by atoms with Crippen LogP contribution < -0.4 is 5.32 Å². The smallest absolute Gasteiger partial charge is 0.220 e. The average Bonchev–Trinajstić information content (AvgIpc) is 2.91. The molecule has 2 rings (SSSR count). The van der Waals surface area contributed by atoms with Gasteiger partial charge in [-0.25, -0.2) is 13.8 Å². The molecular weight excluding hydrogens is 278 g/mol. The van der Waals surface area contributed by atoms with E-state index >= 15 is 0 Å². The SMILES string of the molecule is CCCNC(=O)CCc1ncc(-c2c(F)cccc2F)o1. The van der Waals surface area contributed by atoms with Crippen molar-refractivity contribution in [1.29, 1.82) is 0 Å². The van der Waals surface area contributed by atoms with Crippen molar-refractivity contribution in [2.45, 2.75) is 26.2 Å². The van der Waals surface area contributed by atoms with Crippen LogP contribution in [0.2, 0.25) is 0 Å². The lowest BCUT2D eigenvalue weighted by Crippen LogP contribution is -2.24. The average molecular weight is 294 g/mol. The van der Waals surface area contributed by atoms with Crippen LogP contribution in [0.15, 0.2) is 28.8 Å². The Labute approximate surface area is 121 Å².